The number of nitrogens with zero attached hydrogens (tertiary/aromatic N) is 3. The Morgan fingerprint density at radius 3 is 2.85 bits per heavy atom. The molecule has 1 aromatic heterocycles. The summed E-state index contributed by atoms with van der Waals surface area (Å²) in [4.78, 5) is 0. The van der Waals surface area contributed by atoms with Gasteiger partial charge in [0.25, 0.3) is 0 Å². The predicted octanol–water partition coefficient (Wildman–Crippen LogP) is 0.902. The van der Waals surface area contributed by atoms with Crippen LogP contribution in [0.1, 0.15) is 18.7 Å². The molecule has 1 saturated carbocycles. The largest absolute Gasteiger partial charge is 0.388 e. The quantitative estimate of drug-likeness (QED) is 0.732. The first kappa shape index (κ1) is 9.02. The average molecular weight is 199 g/mol. The second-order valence-electron chi connectivity index (χ2n) is 3.32. The first-order valence-corrected chi connectivity index (χ1v) is 5.64. The lowest BCUT2D eigenvalue weighted by atomic mass is 10.4. The number of aromatic nitrogens is 3. The van der Waals surface area contributed by atoms with Gasteiger partial charge < -0.3 is 9.67 Å². The van der Waals surface area contributed by atoms with Crippen LogP contribution in [-0.4, -0.2) is 26.1 Å². The van der Waals surface area contributed by atoms with Crippen LogP contribution in [0.5, 0.6) is 0 Å². The van der Waals surface area contributed by atoms with Gasteiger partial charge in [0, 0.05) is 6.54 Å². The van der Waals surface area contributed by atoms with Crippen LogP contribution in [0.2, 0.25) is 0 Å². The second kappa shape index (κ2) is 3.67. The van der Waals surface area contributed by atoms with E-state index in [2.05, 4.69) is 10.2 Å². The van der Waals surface area contributed by atoms with E-state index in [1.807, 2.05) is 10.8 Å². The van der Waals surface area contributed by atoms with E-state index >= 15 is 0 Å². The Morgan fingerprint density at radius 1 is 1.54 bits per heavy atom. The summed E-state index contributed by atoms with van der Waals surface area (Å²) in [5.41, 5.74) is 0. The molecule has 72 valence electrons. The van der Waals surface area contributed by atoms with E-state index < -0.39 is 0 Å². The van der Waals surface area contributed by atoms with Crippen molar-refractivity contribution in [2.75, 3.05) is 6.26 Å². The minimum Gasteiger partial charge on any atom is -0.388 e. The number of aliphatic hydroxyl groups is 1. The van der Waals surface area contributed by atoms with Crippen LogP contribution in [0, 0.1) is 5.92 Å². The Balaban J connectivity index is 2.20. The van der Waals surface area contributed by atoms with Gasteiger partial charge >= 0.3 is 0 Å². The maximum Gasteiger partial charge on any atom is 0.191 e. The molecule has 4 nitrogen and oxygen atoms in total. The molecule has 0 spiro atoms. The fourth-order valence-electron chi connectivity index (χ4n) is 1.33. The van der Waals surface area contributed by atoms with Crippen LogP contribution in [0.25, 0.3) is 0 Å². The summed E-state index contributed by atoms with van der Waals surface area (Å²) in [6.45, 7) is 0.958. The lowest BCUT2D eigenvalue weighted by Gasteiger charge is -2.05. The highest BCUT2D eigenvalue weighted by Crippen LogP contribution is 2.32. The van der Waals surface area contributed by atoms with Crippen molar-refractivity contribution in [3.8, 4) is 0 Å². The van der Waals surface area contributed by atoms with Crippen LogP contribution in [0.15, 0.2) is 5.16 Å². The molecule has 1 fully saturated rings. The van der Waals surface area contributed by atoms with Gasteiger partial charge in [0.1, 0.15) is 6.61 Å². The maximum atomic E-state index is 9.03. The molecular weight excluding hydrogens is 186 g/mol. The Kier molecular flexibility index (Phi) is 2.55. The molecule has 0 bridgehead atoms. The van der Waals surface area contributed by atoms with E-state index in [1.54, 1.807) is 11.8 Å². The van der Waals surface area contributed by atoms with E-state index in [4.69, 9.17) is 5.11 Å². The van der Waals surface area contributed by atoms with Gasteiger partial charge in [-0.1, -0.05) is 11.8 Å². The summed E-state index contributed by atoms with van der Waals surface area (Å²) in [5.74, 6) is 1.48. The third-order valence-corrected chi connectivity index (χ3v) is 2.92. The first-order valence-electron chi connectivity index (χ1n) is 4.42. The van der Waals surface area contributed by atoms with Crippen molar-refractivity contribution in [3.63, 3.8) is 0 Å². The summed E-state index contributed by atoms with van der Waals surface area (Å²) in [7, 11) is 0. The van der Waals surface area contributed by atoms with E-state index in [-0.39, 0.29) is 6.61 Å². The van der Waals surface area contributed by atoms with Crippen LogP contribution in [-0.2, 0) is 13.2 Å². The zero-order valence-electron chi connectivity index (χ0n) is 7.60. The predicted molar refractivity (Wildman–Crippen MR) is 50.4 cm³/mol. The highest BCUT2D eigenvalue weighted by atomic mass is 32.2. The molecule has 0 aromatic carbocycles. The van der Waals surface area contributed by atoms with Crippen LogP contribution < -0.4 is 0 Å². The average Bonchev–Trinajstić information content (AvgIpc) is 2.86. The Hall–Kier alpha value is -0.550. The molecule has 1 heterocycles. The van der Waals surface area contributed by atoms with E-state index in [0.29, 0.717) is 5.82 Å². The Labute approximate surface area is 81.4 Å². The van der Waals surface area contributed by atoms with Crippen molar-refractivity contribution in [2.24, 2.45) is 5.92 Å². The van der Waals surface area contributed by atoms with Crippen molar-refractivity contribution < 1.29 is 5.11 Å². The molecule has 0 saturated heterocycles. The standard InChI is InChI=1S/C8H13N3OS/c1-13-8-10-9-7(5-12)11(8)4-6-2-3-6/h6,12H,2-5H2,1H3. The molecule has 0 amide bonds. The molecule has 1 aliphatic rings. The summed E-state index contributed by atoms with van der Waals surface area (Å²) in [6, 6.07) is 0. The third kappa shape index (κ3) is 1.86. The lowest BCUT2D eigenvalue weighted by molar-refractivity contribution is 0.262. The van der Waals surface area contributed by atoms with Crippen molar-refractivity contribution in [1.29, 1.82) is 0 Å². The van der Waals surface area contributed by atoms with Crippen LogP contribution in [0.4, 0.5) is 0 Å². The molecule has 2 rings (SSSR count). The monoisotopic (exact) mass is 199 g/mol. The smallest absolute Gasteiger partial charge is 0.191 e. The van der Waals surface area contributed by atoms with E-state index in [0.717, 1.165) is 17.6 Å². The molecular formula is C8H13N3OS. The fraction of sp³-hybridized carbons (Fsp3) is 0.750. The number of rotatable bonds is 4. The highest BCUT2D eigenvalue weighted by Gasteiger charge is 2.24. The SMILES string of the molecule is CSc1nnc(CO)n1CC1CC1. The van der Waals surface area contributed by atoms with Gasteiger partial charge in [-0.05, 0) is 25.0 Å². The molecule has 0 aliphatic heterocycles. The normalized spacial score (nSPS) is 16.5. The molecule has 13 heavy (non-hydrogen) atoms. The molecule has 0 unspecified atom stereocenters. The van der Waals surface area contributed by atoms with Gasteiger partial charge in [-0.3, -0.25) is 0 Å². The molecule has 0 atom stereocenters. The number of thioether (sulfide) groups is 1. The first-order chi connectivity index (χ1) is 6.35. The van der Waals surface area contributed by atoms with E-state index in [9.17, 15) is 0 Å². The minimum absolute atomic E-state index is 0.0136. The molecule has 1 aromatic rings. The highest BCUT2D eigenvalue weighted by molar-refractivity contribution is 7.98. The lowest BCUT2D eigenvalue weighted by Crippen LogP contribution is -2.06. The molecule has 5 heteroatoms. The van der Waals surface area contributed by atoms with Gasteiger partial charge in [-0.2, -0.15) is 0 Å². The van der Waals surface area contributed by atoms with Crippen LogP contribution >= 0.6 is 11.8 Å². The molecule has 0 radical (unpaired) electrons. The number of hydrogen-bond acceptors (Lipinski definition) is 4. The van der Waals surface area contributed by atoms with Crippen molar-refractivity contribution in [3.05, 3.63) is 5.82 Å². The van der Waals surface area contributed by atoms with Crippen molar-refractivity contribution in [2.45, 2.75) is 31.1 Å². The zero-order chi connectivity index (χ0) is 9.26. The van der Waals surface area contributed by atoms with Crippen LogP contribution in [0.3, 0.4) is 0 Å². The summed E-state index contributed by atoms with van der Waals surface area (Å²) in [6.07, 6.45) is 4.59. The fourth-order valence-corrected chi connectivity index (χ4v) is 1.85. The Bertz CT molecular complexity index is 274. The minimum atomic E-state index is -0.0136. The van der Waals surface area contributed by atoms with E-state index in [1.165, 1.54) is 12.8 Å². The molecule has 1 aliphatic carbocycles. The van der Waals surface area contributed by atoms with Gasteiger partial charge in [-0.25, -0.2) is 0 Å². The Morgan fingerprint density at radius 2 is 2.31 bits per heavy atom. The van der Waals surface area contributed by atoms with Crippen molar-refractivity contribution in [1.82, 2.24) is 14.8 Å². The topological polar surface area (TPSA) is 50.9 Å². The van der Waals surface area contributed by atoms with Gasteiger partial charge in [0.15, 0.2) is 11.0 Å². The number of hydrogen-bond donors (Lipinski definition) is 1. The van der Waals surface area contributed by atoms with Gasteiger partial charge in [-0.15, -0.1) is 10.2 Å². The maximum absolute atomic E-state index is 9.03. The summed E-state index contributed by atoms with van der Waals surface area (Å²) in [5, 5.41) is 17.9. The third-order valence-electron chi connectivity index (χ3n) is 2.26. The summed E-state index contributed by atoms with van der Waals surface area (Å²) < 4.78 is 2.03. The number of aliphatic hydroxyl groups excluding tert-OH is 1. The molecule has 1 N–H and O–H groups in total. The zero-order valence-corrected chi connectivity index (χ0v) is 8.42. The second-order valence-corrected chi connectivity index (χ2v) is 4.09. The van der Waals surface area contributed by atoms with Crippen molar-refractivity contribution >= 4 is 11.8 Å². The van der Waals surface area contributed by atoms with Gasteiger partial charge in [0.2, 0.25) is 0 Å². The summed E-state index contributed by atoms with van der Waals surface area (Å²) >= 11 is 1.58. The van der Waals surface area contributed by atoms with Gasteiger partial charge in [0.05, 0.1) is 0 Å².